The smallest absolute Gasteiger partial charge is 0.238 e. The lowest BCUT2D eigenvalue weighted by atomic mass is 10.2. The largest absolute Gasteiger partial charge is 0.496 e. The van der Waals surface area contributed by atoms with E-state index in [1.54, 1.807) is 13.2 Å². The van der Waals surface area contributed by atoms with Crippen molar-refractivity contribution < 1.29 is 14.3 Å². The number of nitrogens with one attached hydrogen (secondary N) is 1. The molecule has 0 bridgehead atoms. The summed E-state index contributed by atoms with van der Waals surface area (Å²) < 4.78 is 11.2. The molecule has 1 saturated heterocycles. The lowest BCUT2D eigenvalue weighted by Gasteiger charge is -2.36. The van der Waals surface area contributed by atoms with E-state index in [0.717, 1.165) is 35.8 Å². The maximum absolute atomic E-state index is 12.5. The van der Waals surface area contributed by atoms with Gasteiger partial charge in [-0.3, -0.25) is 9.69 Å². The molecule has 1 aliphatic rings. The third-order valence-corrected chi connectivity index (χ3v) is 5.27. The molecule has 1 N–H and O–H groups in total. The third kappa shape index (κ3) is 6.11. The van der Waals surface area contributed by atoms with E-state index in [0.29, 0.717) is 11.6 Å². The Morgan fingerprint density at radius 1 is 1.20 bits per heavy atom. The van der Waals surface area contributed by atoms with Gasteiger partial charge < -0.3 is 19.7 Å². The monoisotopic (exact) mass is 431 g/mol. The topological polar surface area (TPSA) is 54.0 Å². The van der Waals surface area contributed by atoms with Crippen molar-refractivity contribution in [3.63, 3.8) is 0 Å². The van der Waals surface area contributed by atoms with Crippen LogP contribution < -0.4 is 15.0 Å². The van der Waals surface area contributed by atoms with Crippen molar-refractivity contribution in [3.8, 4) is 5.75 Å². The number of halogens is 1. The standard InChI is InChI=1S/C23H30ClN3O3/c1-16-12-27(13-17(2)30-16)21-8-6-20(7-9-21)25-23(28)15-26(3)14-18-11-19(24)5-10-22(18)29-4/h5-11,16-17H,12-15H2,1-4H3,(H,25,28). The average molecular weight is 432 g/mol. The van der Waals surface area contributed by atoms with Crippen LogP contribution in [0.4, 0.5) is 11.4 Å². The van der Waals surface area contributed by atoms with E-state index in [2.05, 4.69) is 24.1 Å². The molecule has 2 aromatic carbocycles. The predicted octanol–water partition coefficient (Wildman–Crippen LogP) is 4.03. The molecule has 0 radical (unpaired) electrons. The second-order valence-corrected chi connectivity index (χ2v) is 8.32. The number of rotatable bonds is 7. The SMILES string of the molecule is COc1ccc(Cl)cc1CN(C)CC(=O)Nc1ccc(N2CC(C)OC(C)C2)cc1. The molecule has 0 aliphatic carbocycles. The summed E-state index contributed by atoms with van der Waals surface area (Å²) in [5.41, 5.74) is 2.87. The molecule has 3 rings (SSSR count). The highest BCUT2D eigenvalue weighted by Crippen LogP contribution is 2.24. The molecular formula is C23H30ClN3O3. The Labute approximate surface area is 183 Å². The molecule has 0 spiro atoms. The minimum absolute atomic E-state index is 0.0696. The van der Waals surface area contributed by atoms with Gasteiger partial charge in [-0.1, -0.05) is 11.6 Å². The Morgan fingerprint density at radius 3 is 2.50 bits per heavy atom. The molecule has 1 aliphatic heterocycles. The van der Waals surface area contributed by atoms with Crippen molar-refractivity contribution in [2.45, 2.75) is 32.6 Å². The second kappa shape index (κ2) is 10.2. The van der Waals surface area contributed by atoms with E-state index < -0.39 is 0 Å². The number of methoxy groups -OCH3 is 1. The van der Waals surface area contributed by atoms with Gasteiger partial charge in [0.1, 0.15) is 5.75 Å². The number of benzene rings is 2. The Balaban J connectivity index is 1.54. The van der Waals surface area contributed by atoms with Crippen LogP contribution in [-0.4, -0.2) is 56.8 Å². The minimum atomic E-state index is -0.0696. The summed E-state index contributed by atoms with van der Waals surface area (Å²) in [6, 6.07) is 13.5. The number of likely N-dealkylation sites (N-methyl/N-ethyl adjacent to an activating group) is 1. The van der Waals surface area contributed by atoms with Gasteiger partial charge in [0.25, 0.3) is 0 Å². The molecule has 1 fully saturated rings. The number of nitrogens with zero attached hydrogens (tertiary/aromatic N) is 2. The van der Waals surface area contributed by atoms with Gasteiger partial charge in [-0.2, -0.15) is 0 Å². The first-order valence-electron chi connectivity index (χ1n) is 10.2. The lowest BCUT2D eigenvalue weighted by molar-refractivity contribution is -0.117. The van der Waals surface area contributed by atoms with Crippen molar-refractivity contribution in [2.75, 3.05) is 44.0 Å². The normalized spacial score (nSPS) is 19.1. The number of ether oxygens (including phenoxy) is 2. The number of anilines is 2. The van der Waals surface area contributed by atoms with E-state index in [1.807, 2.05) is 48.3 Å². The van der Waals surface area contributed by atoms with Crippen molar-refractivity contribution in [1.29, 1.82) is 0 Å². The van der Waals surface area contributed by atoms with Crippen LogP contribution in [0.2, 0.25) is 5.02 Å². The first kappa shape index (κ1) is 22.4. The fourth-order valence-corrected chi connectivity index (χ4v) is 4.00. The van der Waals surface area contributed by atoms with Gasteiger partial charge in [-0.25, -0.2) is 0 Å². The molecule has 1 amide bonds. The number of hydrogen-bond acceptors (Lipinski definition) is 5. The van der Waals surface area contributed by atoms with Crippen LogP contribution >= 0.6 is 11.6 Å². The lowest BCUT2D eigenvalue weighted by Crippen LogP contribution is -2.45. The van der Waals surface area contributed by atoms with Crippen LogP contribution in [-0.2, 0) is 16.1 Å². The molecule has 2 aromatic rings. The Kier molecular flexibility index (Phi) is 7.58. The summed E-state index contributed by atoms with van der Waals surface area (Å²) in [6.45, 7) is 6.74. The highest BCUT2D eigenvalue weighted by atomic mass is 35.5. The summed E-state index contributed by atoms with van der Waals surface area (Å²) in [4.78, 5) is 16.7. The summed E-state index contributed by atoms with van der Waals surface area (Å²) in [5.74, 6) is 0.689. The zero-order valence-electron chi connectivity index (χ0n) is 18.0. The van der Waals surface area contributed by atoms with Crippen LogP contribution in [0.1, 0.15) is 19.4 Å². The summed E-state index contributed by atoms with van der Waals surface area (Å²) >= 11 is 6.09. The van der Waals surface area contributed by atoms with Gasteiger partial charge >= 0.3 is 0 Å². The van der Waals surface area contributed by atoms with Crippen LogP contribution in [0.3, 0.4) is 0 Å². The Hall–Kier alpha value is -2.28. The number of carbonyl (C=O) groups is 1. The van der Waals surface area contributed by atoms with Crippen molar-refractivity contribution in [2.24, 2.45) is 0 Å². The molecule has 2 unspecified atom stereocenters. The quantitative estimate of drug-likeness (QED) is 0.717. The Morgan fingerprint density at radius 2 is 1.87 bits per heavy atom. The fraction of sp³-hybridized carbons (Fsp3) is 0.435. The van der Waals surface area contributed by atoms with Gasteiger partial charge in [0, 0.05) is 41.6 Å². The van der Waals surface area contributed by atoms with Crippen LogP contribution in [0.15, 0.2) is 42.5 Å². The average Bonchev–Trinajstić information content (AvgIpc) is 2.67. The molecule has 2 atom stereocenters. The van der Waals surface area contributed by atoms with Gasteiger partial charge in [0.05, 0.1) is 25.9 Å². The maximum atomic E-state index is 12.5. The molecule has 1 heterocycles. The van der Waals surface area contributed by atoms with Gasteiger partial charge in [-0.15, -0.1) is 0 Å². The summed E-state index contributed by atoms with van der Waals surface area (Å²) in [6.07, 6.45) is 0.420. The van der Waals surface area contributed by atoms with Gasteiger partial charge in [0.15, 0.2) is 0 Å². The number of amides is 1. The predicted molar refractivity (Wildman–Crippen MR) is 122 cm³/mol. The maximum Gasteiger partial charge on any atom is 0.238 e. The zero-order chi connectivity index (χ0) is 21.7. The number of morpholine rings is 1. The highest BCUT2D eigenvalue weighted by molar-refractivity contribution is 6.30. The fourth-order valence-electron chi connectivity index (χ4n) is 3.81. The van der Waals surface area contributed by atoms with Gasteiger partial charge in [-0.05, 0) is 63.4 Å². The number of carbonyl (C=O) groups excluding carboxylic acids is 1. The zero-order valence-corrected chi connectivity index (χ0v) is 18.8. The van der Waals surface area contributed by atoms with Gasteiger partial charge in [0.2, 0.25) is 5.91 Å². The van der Waals surface area contributed by atoms with Crippen LogP contribution in [0.5, 0.6) is 5.75 Å². The van der Waals surface area contributed by atoms with Crippen molar-refractivity contribution in [1.82, 2.24) is 4.90 Å². The molecule has 0 aromatic heterocycles. The molecule has 7 heteroatoms. The highest BCUT2D eigenvalue weighted by Gasteiger charge is 2.22. The van der Waals surface area contributed by atoms with Crippen LogP contribution in [0.25, 0.3) is 0 Å². The second-order valence-electron chi connectivity index (χ2n) is 7.89. The Bertz CT molecular complexity index is 849. The number of hydrogen-bond donors (Lipinski definition) is 1. The van der Waals surface area contributed by atoms with Crippen molar-refractivity contribution >= 4 is 28.9 Å². The third-order valence-electron chi connectivity index (χ3n) is 5.03. The van der Waals surface area contributed by atoms with E-state index in [9.17, 15) is 4.79 Å². The molecule has 0 saturated carbocycles. The first-order valence-corrected chi connectivity index (χ1v) is 10.5. The van der Waals surface area contributed by atoms with E-state index in [1.165, 1.54) is 0 Å². The van der Waals surface area contributed by atoms with Crippen molar-refractivity contribution in [3.05, 3.63) is 53.1 Å². The molecular weight excluding hydrogens is 402 g/mol. The molecule has 162 valence electrons. The molecule has 6 nitrogen and oxygen atoms in total. The van der Waals surface area contributed by atoms with E-state index >= 15 is 0 Å². The van der Waals surface area contributed by atoms with Crippen LogP contribution in [0, 0.1) is 0 Å². The van der Waals surface area contributed by atoms with E-state index in [-0.39, 0.29) is 24.7 Å². The first-order chi connectivity index (χ1) is 14.3. The summed E-state index contributed by atoms with van der Waals surface area (Å²) in [7, 11) is 3.52. The minimum Gasteiger partial charge on any atom is -0.496 e. The molecule has 30 heavy (non-hydrogen) atoms. The van der Waals surface area contributed by atoms with E-state index in [4.69, 9.17) is 21.1 Å². The summed E-state index contributed by atoms with van der Waals surface area (Å²) in [5, 5.41) is 3.61.